The molecule has 3 aromatic rings. The average Bonchev–Trinajstić information content (AvgIpc) is 3.14. The second-order valence-electron chi connectivity index (χ2n) is 7.97. The maximum absolute atomic E-state index is 13.4. The lowest BCUT2D eigenvalue weighted by atomic mass is 10.1. The summed E-state index contributed by atoms with van der Waals surface area (Å²) >= 11 is 0. The topological polar surface area (TPSA) is 66.9 Å². The van der Waals surface area contributed by atoms with E-state index in [-0.39, 0.29) is 30.6 Å². The van der Waals surface area contributed by atoms with E-state index in [2.05, 4.69) is 0 Å². The number of carbonyl (C=O) groups is 3. The lowest BCUT2D eigenvalue weighted by molar-refractivity contribution is -0.137. The second kappa shape index (κ2) is 10.1. The lowest BCUT2D eigenvalue weighted by Gasteiger charge is -2.28. The van der Waals surface area contributed by atoms with Gasteiger partial charge in [0.15, 0.2) is 0 Å². The van der Waals surface area contributed by atoms with Gasteiger partial charge in [0, 0.05) is 6.54 Å². The van der Waals surface area contributed by atoms with Crippen LogP contribution in [0.4, 0.5) is 5.69 Å². The predicted molar refractivity (Wildman–Crippen MR) is 126 cm³/mol. The number of rotatable bonds is 8. The molecule has 1 unspecified atom stereocenters. The summed E-state index contributed by atoms with van der Waals surface area (Å²) in [4.78, 5) is 42.3. The molecule has 1 heterocycles. The minimum absolute atomic E-state index is 0.0276. The third-order valence-corrected chi connectivity index (χ3v) is 5.83. The molecule has 0 radical (unpaired) electrons. The summed E-state index contributed by atoms with van der Waals surface area (Å²) in [6, 6.07) is 25.2. The number of hydrogen-bond donors (Lipinski definition) is 0. The van der Waals surface area contributed by atoms with Crippen LogP contribution in [-0.4, -0.2) is 42.3 Å². The van der Waals surface area contributed by atoms with Crippen LogP contribution in [0.3, 0.4) is 0 Å². The molecule has 6 heteroatoms. The number of anilines is 1. The van der Waals surface area contributed by atoms with Crippen LogP contribution in [0.2, 0.25) is 0 Å². The van der Waals surface area contributed by atoms with Crippen LogP contribution in [0.5, 0.6) is 5.75 Å². The Kier molecular flexibility index (Phi) is 6.83. The van der Waals surface area contributed by atoms with Crippen LogP contribution in [0.15, 0.2) is 84.9 Å². The first-order valence-electron chi connectivity index (χ1n) is 10.9. The summed E-state index contributed by atoms with van der Waals surface area (Å²) in [6.07, 6.45) is 0.748. The Morgan fingerprint density at radius 1 is 0.909 bits per heavy atom. The van der Waals surface area contributed by atoms with Crippen molar-refractivity contribution >= 4 is 23.4 Å². The Morgan fingerprint density at radius 2 is 1.52 bits per heavy atom. The molecule has 0 spiro atoms. The molecule has 4 rings (SSSR count). The summed E-state index contributed by atoms with van der Waals surface area (Å²) < 4.78 is 5.17. The largest absolute Gasteiger partial charge is 0.497 e. The van der Waals surface area contributed by atoms with Crippen molar-refractivity contribution in [2.45, 2.75) is 25.3 Å². The molecule has 1 saturated heterocycles. The van der Waals surface area contributed by atoms with Crippen molar-refractivity contribution in [2.24, 2.45) is 0 Å². The number of amides is 3. The van der Waals surface area contributed by atoms with Crippen LogP contribution in [0.1, 0.15) is 17.5 Å². The number of methoxy groups -OCH3 is 1. The van der Waals surface area contributed by atoms with Crippen LogP contribution in [0, 0.1) is 0 Å². The van der Waals surface area contributed by atoms with Crippen molar-refractivity contribution in [3.05, 3.63) is 96.1 Å². The first-order chi connectivity index (χ1) is 16.1. The number of benzene rings is 3. The SMILES string of the molecule is COc1ccc(N2C(=O)CC(N(CCc3ccccc3)C(=O)Cc3ccccc3)C2=O)cc1. The fourth-order valence-corrected chi connectivity index (χ4v) is 4.08. The van der Waals surface area contributed by atoms with Crippen molar-refractivity contribution in [1.82, 2.24) is 4.90 Å². The molecule has 0 aromatic heterocycles. The Balaban J connectivity index is 1.57. The average molecular weight is 443 g/mol. The lowest BCUT2D eigenvalue weighted by Crippen LogP contribution is -2.47. The number of nitrogens with zero attached hydrogens (tertiary/aromatic N) is 2. The molecular weight excluding hydrogens is 416 g/mol. The summed E-state index contributed by atoms with van der Waals surface area (Å²) in [7, 11) is 1.56. The standard InChI is InChI=1S/C27H26N2O4/c1-33-23-14-12-22(13-15-23)29-26(31)19-24(27(29)32)28(17-16-20-8-4-2-5-9-20)25(30)18-21-10-6-3-7-11-21/h2-15,24H,16-19H2,1H3. The molecule has 1 aliphatic heterocycles. The highest BCUT2D eigenvalue weighted by Crippen LogP contribution is 2.28. The number of imide groups is 1. The second-order valence-corrected chi connectivity index (χ2v) is 7.97. The summed E-state index contributed by atoms with van der Waals surface area (Å²) in [5.41, 5.74) is 2.42. The van der Waals surface area contributed by atoms with Gasteiger partial charge in [-0.15, -0.1) is 0 Å². The van der Waals surface area contributed by atoms with E-state index in [1.165, 1.54) is 4.90 Å². The fraction of sp³-hybridized carbons (Fsp3) is 0.222. The molecule has 33 heavy (non-hydrogen) atoms. The van der Waals surface area contributed by atoms with E-state index in [1.807, 2.05) is 60.7 Å². The minimum Gasteiger partial charge on any atom is -0.497 e. The normalized spacial score (nSPS) is 15.5. The van der Waals surface area contributed by atoms with Crippen LogP contribution in [0.25, 0.3) is 0 Å². The van der Waals surface area contributed by atoms with E-state index in [0.29, 0.717) is 24.4 Å². The van der Waals surface area contributed by atoms with E-state index in [4.69, 9.17) is 4.74 Å². The molecule has 3 aromatic carbocycles. The Labute approximate surface area is 193 Å². The Morgan fingerprint density at radius 3 is 2.12 bits per heavy atom. The zero-order valence-electron chi connectivity index (χ0n) is 18.5. The third kappa shape index (κ3) is 5.12. The maximum atomic E-state index is 13.4. The van der Waals surface area contributed by atoms with Gasteiger partial charge in [-0.1, -0.05) is 60.7 Å². The Bertz CT molecular complexity index is 1110. The zero-order valence-corrected chi connectivity index (χ0v) is 18.5. The number of carbonyl (C=O) groups excluding carboxylic acids is 3. The van der Waals surface area contributed by atoms with E-state index >= 15 is 0 Å². The number of hydrogen-bond acceptors (Lipinski definition) is 4. The molecule has 0 aliphatic carbocycles. The smallest absolute Gasteiger partial charge is 0.257 e. The molecule has 1 aliphatic rings. The molecule has 168 valence electrons. The van der Waals surface area contributed by atoms with Crippen molar-refractivity contribution in [3.8, 4) is 5.75 Å². The van der Waals surface area contributed by atoms with E-state index in [1.54, 1.807) is 36.3 Å². The Hall–Kier alpha value is -3.93. The molecule has 3 amide bonds. The van der Waals surface area contributed by atoms with Crippen molar-refractivity contribution in [3.63, 3.8) is 0 Å². The third-order valence-electron chi connectivity index (χ3n) is 5.83. The summed E-state index contributed by atoms with van der Waals surface area (Å²) in [5.74, 6) is -0.219. The fourth-order valence-electron chi connectivity index (χ4n) is 4.08. The summed E-state index contributed by atoms with van der Waals surface area (Å²) in [5, 5.41) is 0. The highest BCUT2D eigenvalue weighted by Gasteiger charge is 2.44. The van der Waals surface area contributed by atoms with Gasteiger partial charge in [-0.05, 0) is 41.8 Å². The van der Waals surface area contributed by atoms with Gasteiger partial charge in [0.05, 0.1) is 25.6 Å². The summed E-state index contributed by atoms with van der Waals surface area (Å²) in [6.45, 7) is 0.357. The highest BCUT2D eigenvalue weighted by molar-refractivity contribution is 6.23. The predicted octanol–water partition coefficient (Wildman–Crippen LogP) is 3.64. The first kappa shape index (κ1) is 22.3. The van der Waals surface area contributed by atoms with Crippen molar-refractivity contribution < 1.29 is 19.1 Å². The van der Waals surface area contributed by atoms with Gasteiger partial charge >= 0.3 is 0 Å². The van der Waals surface area contributed by atoms with E-state index in [0.717, 1.165) is 11.1 Å². The molecule has 6 nitrogen and oxygen atoms in total. The molecule has 0 saturated carbocycles. The van der Waals surface area contributed by atoms with Gasteiger partial charge < -0.3 is 9.64 Å². The van der Waals surface area contributed by atoms with Gasteiger partial charge in [-0.2, -0.15) is 0 Å². The highest BCUT2D eigenvalue weighted by atomic mass is 16.5. The van der Waals surface area contributed by atoms with Crippen LogP contribution < -0.4 is 9.64 Å². The monoisotopic (exact) mass is 442 g/mol. The minimum atomic E-state index is -0.820. The van der Waals surface area contributed by atoms with Gasteiger partial charge in [-0.3, -0.25) is 14.4 Å². The molecule has 1 atom stereocenters. The van der Waals surface area contributed by atoms with Crippen molar-refractivity contribution in [2.75, 3.05) is 18.6 Å². The molecule has 0 bridgehead atoms. The number of ether oxygens (including phenoxy) is 1. The maximum Gasteiger partial charge on any atom is 0.257 e. The van der Waals surface area contributed by atoms with Gasteiger partial charge in [0.25, 0.3) is 5.91 Å². The quantitative estimate of drug-likeness (QED) is 0.500. The molecule has 0 N–H and O–H groups in total. The van der Waals surface area contributed by atoms with Crippen molar-refractivity contribution in [1.29, 1.82) is 0 Å². The van der Waals surface area contributed by atoms with Gasteiger partial charge in [-0.25, -0.2) is 4.90 Å². The van der Waals surface area contributed by atoms with Gasteiger partial charge in [0.2, 0.25) is 11.8 Å². The van der Waals surface area contributed by atoms with E-state index < -0.39 is 6.04 Å². The first-order valence-corrected chi connectivity index (χ1v) is 10.9. The van der Waals surface area contributed by atoms with E-state index in [9.17, 15) is 14.4 Å². The van der Waals surface area contributed by atoms with Crippen LogP contribution >= 0.6 is 0 Å². The van der Waals surface area contributed by atoms with Crippen LogP contribution in [-0.2, 0) is 27.2 Å². The molecule has 1 fully saturated rings. The van der Waals surface area contributed by atoms with Gasteiger partial charge in [0.1, 0.15) is 11.8 Å². The zero-order chi connectivity index (χ0) is 23.2. The molecular formula is C27H26N2O4.